The van der Waals surface area contributed by atoms with Crippen LogP contribution in [0.25, 0.3) is 0 Å². The second-order valence-corrected chi connectivity index (χ2v) is 5.34. The standard InChI is InChI=1S/C17H30NO/c1-4-13-18(6-3,14-5-2)15-10-16-19-17-11-8-7-9-12-17/h7-9,11-12H,4-6,10,13-16H2,1-3H3/q+1. The predicted octanol–water partition coefficient (Wildman–Crippen LogP) is 4.11. The highest BCUT2D eigenvalue weighted by Crippen LogP contribution is 2.13. The summed E-state index contributed by atoms with van der Waals surface area (Å²) in [5, 5.41) is 0. The monoisotopic (exact) mass is 264 g/mol. The van der Waals surface area contributed by atoms with Crippen LogP contribution in [0.3, 0.4) is 0 Å². The number of quaternary nitrogens is 1. The Labute approximate surface area is 119 Å². The van der Waals surface area contributed by atoms with Gasteiger partial charge in [0.25, 0.3) is 0 Å². The van der Waals surface area contributed by atoms with Crippen molar-refractivity contribution in [1.29, 1.82) is 0 Å². The summed E-state index contributed by atoms with van der Waals surface area (Å²) < 4.78 is 7.05. The van der Waals surface area contributed by atoms with Crippen LogP contribution < -0.4 is 4.74 Å². The molecule has 0 heterocycles. The van der Waals surface area contributed by atoms with Crippen molar-refractivity contribution >= 4 is 0 Å². The van der Waals surface area contributed by atoms with Gasteiger partial charge in [0, 0.05) is 6.42 Å². The molecule has 0 saturated heterocycles. The third-order valence-corrected chi connectivity index (χ3v) is 3.86. The molecule has 1 aromatic carbocycles. The van der Waals surface area contributed by atoms with Gasteiger partial charge >= 0.3 is 0 Å². The lowest BCUT2D eigenvalue weighted by molar-refractivity contribution is -0.926. The number of para-hydroxylation sites is 1. The van der Waals surface area contributed by atoms with Crippen molar-refractivity contribution in [1.82, 2.24) is 0 Å². The second-order valence-electron chi connectivity index (χ2n) is 5.34. The molecule has 108 valence electrons. The molecule has 2 nitrogen and oxygen atoms in total. The minimum atomic E-state index is 0.831. The highest BCUT2D eigenvalue weighted by Gasteiger charge is 2.22. The predicted molar refractivity (Wildman–Crippen MR) is 82.5 cm³/mol. The van der Waals surface area contributed by atoms with Gasteiger partial charge in [-0.3, -0.25) is 0 Å². The van der Waals surface area contributed by atoms with E-state index in [0.717, 1.165) is 18.8 Å². The molecule has 0 saturated carbocycles. The van der Waals surface area contributed by atoms with Gasteiger partial charge in [0.2, 0.25) is 0 Å². The average Bonchev–Trinajstić information content (AvgIpc) is 2.45. The molecular formula is C17H30NO+. The van der Waals surface area contributed by atoms with Crippen molar-refractivity contribution in [3.63, 3.8) is 0 Å². The van der Waals surface area contributed by atoms with Gasteiger partial charge in [-0.15, -0.1) is 0 Å². The van der Waals surface area contributed by atoms with Crippen LogP contribution in [0, 0.1) is 0 Å². The lowest BCUT2D eigenvalue weighted by atomic mass is 10.2. The van der Waals surface area contributed by atoms with Gasteiger partial charge in [-0.05, 0) is 31.9 Å². The molecule has 0 N–H and O–H groups in total. The van der Waals surface area contributed by atoms with Gasteiger partial charge in [-0.1, -0.05) is 32.0 Å². The van der Waals surface area contributed by atoms with Gasteiger partial charge in [-0.2, -0.15) is 0 Å². The Bertz CT molecular complexity index is 317. The van der Waals surface area contributed by atoms with Crippen LogP contribution in [-0.2, 0) is 0 Å². The Morgan fingerprint density at radius 3 is 2.05 bits per heavy atom. The molecule has 19 heavy (non-hydrogen) atoms. The first-order chi connectivity index (χ1) is 9.26. The van der Waals surface area contributed by atoms with Crippen LogP contribution in [0.15, 0.2) is 30.3 Å². The molecule has 2 heteroatoms. The summed E-state index contributed by atoms with van der Waals surface area (Å²) >= 11 is 0. The topological polar surface area (TPSA) is 9.23 Å². The van der Waals surface area contributed by atoms with E-state index in [4.69, 9.17) is 4.74 Å². The Hall–Kier alpha value is -1.02. The number of benzene rings is 1. The van der Waals surface area contributed by atoms with Crippen LogP contribution in [0.5, 0.6) is 5.75 Å². The largest absolute Gasteiger partial charge is 0.493 e. The lowest BCUT2D eigenvalue weighted by Crippen LogP contribution is -2.50. The smallest absolute Gasteiger partial charge is 0.119 e. The average molecular weight is 264 g/mol. The Morgan fingerprint density at radius 2 is 1.53 bits per heavy atom. The third-order valence-electron chi connectivity index (χ3n) is 3.86. The zero-order valence-electron chi connectivity index (χ0n) is 12.9. The van der Waals surface area contributed by atoms with Crippen molar-refractivity contribution < 1.29 is 9.22 Å². The fourth-order valence-electron chi connectivity index (χ4n) is 2.87. The molecule has 0 spiro atoms. The lowest BCUT2D eigenvalue weighted by Gasteiger charge is -2.37. The zero-order chi connectivity index (χ0) is 14.0. The normalized spacial score (nSPS) is 11.5. The van der Waals surface area contributed by atoms with E-state index < -0.39 is 0 Å². The van der Waals surface area contributed by atoms with Crippen molar-refractivity contribution in [2.75, 3.05) is 32.8 Å². The van der Waals surface area contributed by atoms with Crippen molar-refractivity contribution in [3.8, 4) is 5.75 Å². The van der Waals surface area contributed by atoms with Crippen LogP contribution in [0.1, 0.15) is 40.0 Å². The van der Waals surface area contributed by atoms with E-state index in [2.05, 4.69) is 20.8 Å². The first kappa shape index (κ1) is 16.0. The summed E-state index contributed by atoms with van der Waals surface area (Å²) in [6.07, 6.45) is 3.68. The molecule has 0 aliphatic carbocycles. The van der Waals surface area contributed by atoms with Gasteiger partial charge < -0.3 is 9.22 Å². The van der Waals surface area contributed by atoms with Crippen LogP contribution in [0.2, 0.25) is 0 Å². The third kappa shape index (κ3) is 5.65. The van der Waals surface area contributed by atoms with Gasteiger partial charge in [0.1, 0.15) is 5.75 Å². The van der Waals surface area contributed by atoms with Crippen LogP contribution in [0.4, 0.5) is 0 Å². The van der Waals surface area contributed by atoms with Crippen LogP contribution >= 0.6 is 0 Å². The fourth-order valence-corrected chi connectivity index (χ4v) is 2.87. The van der Waals surface area contributed by atoms with Gasteiger partial charge in [0.05, 0.1) is 32.8 Å². The second kappa shape index (κ2) is 8.98. The molecule has 0 radical (unpaired) electrons. The molecule has 1 rings (SSSR count). The van der Waals surface area contributed by atoms with E-state index in [0.29, 0.717) is 0 Å². The molecule has 1 aromatic rings. The molecule has 0 fully saturated rings. The molecule has 0 atom stereocenters. The van der Waals surface area contributed by atoms with E-state index in [1.165, 1.54) is 43.5 Å². The van der Waals surface area contributed by atoms with E-state index in [9.17, 15) is 0 Å². The van der Waals surface area contributed by atoms with Crippen molar-refractivity contribution in [3.05, 3.63) is 30.3 Å². The Morgan fingerprint density at radius 1 is 0.895 bits per heavy atom. The first-order valence-electron chi connectivity index (χ1n) is 7.79. The van der Waals surface area contributed by atoms with E-state index in [1.54, 1.807) is 0 Å². The molecule has 0 unspecified atom stereocenters. The van der Waals surface area contributed by atoms with Gasteiger partial charge in [-0.25, -0.2) is 0 Å². The Balaban J connectivity index is 2.35. The minimum Gasteiger partial charge on any atom is -0.493 e. The molecule has 0 aromatic heterocycles. The minimum absolute atomic E-state index is 0.831. The molecule has 0 aliphatic rings. The summed E-state index contributed by atoms with van der Waals surface area (Å²) in [5.41, 5.74) is 0. The molecular weight excluding hydrogens is 234 g/mol. The van der Waals surface area contributed by atoms with E-state index >= 15 is 0 Å². The highest BCUT2D eigenvalue weighted by atomic mass is 16.5. The zero-order valence-corrected chi connectivity index (χ0v) is 12.9. The first-order valence-corrected chi connectivity index (χ1v) is 7.79. The molecule has 0 amide bonds. The number of rotatable bonds is 10. The SMILES string of the molecule is CCC[N+](CC)(CCC)CCCOc1ccccc1. The summed E-state index contributed by atoms with van der Waals surface area (Å²) in [5.74, 6) is 0.989. The summed E-state index contributed by atoms with van der Waals surface area (Å²) in [6.45, 7) is 12.8. The van der Waals surface area contributed by atoms with Gasteiger partial charge in [0.15, 0.2) is 0 Å². The van der Waals surface area contributed by atoms with Crippen molar-refractivity contribution in [2.24, 2.45) is 0 Å². The van der Waals surface area contributed by atoms with E-state index in [1.807, 2.05) is 30.3 Å². The fraction of sp³-hybridized carbons (Fsp3) is 0.647. The number of ether oxygens (including phenoxy) is 1. The number of hydrogen-bond acceptors (Lipinski definition) is 1. The molecule has 0 bridgehead atoms. The quantitative estimate of drug-likeness (QED) is 0.456. The maximum absolute atomic E-state index is 5.79. The summed E-state index contributed by atoms with van der Waals surface area (Å²) in [7, 11) is 0. The number of hydrogen-bond donors (Lipinski definition) is 0. The van der Waals surface area contributed by atoms with Crippen molar-refractivity contribution in [2.45, 2.75) is 40.0 Å². The summed E-state index contributed by atoms with van der Waals surface area (Å²) in [6, 6.07) is 10.1. The van der Waals surface area contributed by atoms with Crippen LogP contribution in [-0.4, -0.2) is 37.3 Å². The maximum Gasteiger partial charge on any atom is 0.119 e. The number of nitrogens with zero attached hydrogens (tertiary/aromatic N) is 1. The highest BCUT2D eigenvalue weighted by molar-refractivity contribution is 5.20. The Kier molecular flexibility index (Phi) is 7.57. The maximum atomic E-state index is 5.79. The summed E-state index contributed by atoms with van der Waals surface area (Å²) in [4.78, 5) is 0. The molecule has 0 aliphatic heterocycles. The van der Waals surface area contributed by atoms with E-state index in [-0.39, 0.29) is 0 Å².